The van der Waals surface area contributed by atoms with E-state index in [1.54, 1.807) is 12.3 Å². The first-order valence-electron chi connectivity index (χ1n) is 8.78. The van der Waals surface area contributed by atoms with Gasteiger partial charge in [-0.3, -0.25) is 4.79 Å². The Morgan fingerprint density at radius 1 is 1.39 bits per heavy atom. The molecule has 148 valence electrons. The average Bonchev–Trinajstić information content (AvgIpc) is 2.94. The van der Waals surface area contributed by atoms with Crippen LogP contribution in [0.2, 0.25) is 0 Å². The lowest BCUT2D eigenvalue weighted by atomic mass is 10.0. The van der Waals surface area contributed by atoms with Gasteiger partial charge < -0.3 is 13.9 Å². The number of halogens is 1. The van der Waals surface area contributed by atoms with Gasteiger partial charge in [0.25, 0.3) is 5.91 Å². The fraction of sp³-hybridized carbons (Fsp3) is 0.300. The zero-order valence-corrected chi connectivity index (χ0v) is 17.0. The van der Waals surface area contributed by atoms with E-state index in [1.165, 1.54) is 18.4 Å². The van der Waals surface area contributed by atoms with Gasteiger partial charge in [-0.05, 0) is 24.1 Å². The number of hydrogen-bond acceptors (Lipinski definition) is 4. The smallest absolute Gasteiger partial charge is 0.295 e. The number of carbonyl (C=O) groups excluding carboxylic acids is 1. The van der Waals surface area contributed by atoms with E-state index in [9.17, 15) is 13.7 Å². The molecule has 0 saturated carbocycles. The monoisotopic (exact) mass is 403 g/mol. The van der Waals surface area contributed by atoms with Gasteiger partial charge in [0.15, 0.2) is 0 Å². The standard InChI is InChI=1S/C20H22FN3O3S/c1-12(2)11-27-19-6-5-13(9-22-19)16-10-24(3)18-8-15(17(21)7-14(16)18)20(25)23-28(4)26/h5-10,12H,11H2,1-4H3,(H,23,25). The fourth-order valence-electron chi connectivity index (χ4n) is 2.87. The molecule has 2 aromatic heterocycles. The first kappa shape index (κ1) is 20.2. The van der Waals surface area contributed by atoms with Crippen LogP contribution < -0.4 is 9.46 Å². The molecule has 3 rings (SSSR count). The number of benzene rings is 1. The largest absolute Gasteiger partial charge is 0.593 e. The highest BCUT2D eigenvalue weighted by Crippen LogP contribution is 2.32. The Kier molecular flexibility index (Phi) is 5.90. The lowest BCUT2D eigenvalue weighted by Crippen LogP contribution is -2.30. The van der Waals surface area contributed by atoms with E-state index in [2.05, 4.69) is 23.6 Å². The van der Waals surface area contributed by atoms with Crippen LogP contribution in [-0.2, 0) is 18.4 Å². The number of pyridine rings is 1. The van der Waals surface area contributed by atoms with Crippen LogP contribution >= 0.6 is 0 Å². The molecule has 0 aliphatic heterocycles. The van der Waals surface area contributed by atoms with Gasteiger partial charge in [0.05, 0.1) is 23.5 Å². The molecule has 28 heavy (non-hydrogen) atoms. The second kappa shape index (κ2) is 8.20. The molecule has 1 unspecified atom stereocenters. The van der Waals surface area contributed by atoms with E-state index in [0.717, 1.165) is 11.1 Å². The lowest BCUT2D eigenvalue weighted by Gasteiger charge is -2.08. The van der Waals surface area contributed by atoms with E-state index in [0.29, 0.717) is 29.3 Å². The molecular weight excluding hydrogens is 381 g/mol. The molecule has 1 aromatic carbocycles. The predicted molar refractivity (Wildman–Crippen MR) is 108 cm³/mol. The summed E-state index contributed by atoms with van der Waals surface area (Å²) in [7, 11) is 1.82. The Bertz CT molecular complexity index is 1000. The molecule has 0 fully saturated rings. The molecule has 0 spiro atoms. The summed E-state index contributed by atoms with van der Waals surface area (Å²) in [6.07, 6.45) is 4.86. The van der Waals surface area contributed by atoms with Crippen molar-refractivity contribution >= 4 is 28.2 Å². The van der Waals surface area contributed by atoms with E-state index in [4.69, 9.17) is 4.74 Å². The molecule has 3 aromatic rings. The van der Waals surface area contributed by atoms with Crippen molar-refractivity contribution in [3.05, 3.63) is 48.0 Å². The van der Waals surface area contributed by atoms with Gasteiger partial charge in [-0.1, -0.05) is 13.8 Å². The van der Waals surface area contributed by atoms with E-state index < -0.39 is 23.1 Å². The maximum Gasteiger partial charge on any atom is 0.295 e. The van der Waals surface area contributed by atoms with Crippen LogP contribution in [0, 0.1) is 11.7 Å². The number of aromatic nitrogens is 2. The molecule has 1 amide bonds. The summed E-state index contributed by atoms with van der Waals surface area (Å²) in [5.74, 6) is -0.446. The Balaban J connectivity index is 1.97. The second-order valence-corrected chi connectivity index (χ2v) is 8.09. The van der Waals surface area contributed by atoms with Crippen molar-refractivity contribution in [2.75, 3.05) is 12.9 Å². The topological polar surface area (TPSA) is 79.2 Å². The molecule has 0 aliphatic rings. The summed E-state index contributed by atoms with van der Waals surface area (Å²) >= 11 is -1.57. The normalized spacial score (nSPS) is 12.4. The number of amides is 1. The molecule has 0 bridgehead atoms. The number of fused-ring (bicyclic) bond motifs is 1. The summed E-state index contributed by atoms with van der Waals surface area (Å²) in [6, 6.07) is 6.44. The summed E-state index contributed by atoms with van der Waals surface area (Å²) < 4.78 is 35.4. The van der Waals surface area contributed by atoms with E-state index in [-0.39, 0.29) is 5.56 Å². The van der Waals surface area contributed by atoms with E-state index in [1.807, 2.05) is 23.9 Å². The predicted octanol–water partition coefficient (Wildman–Crippen LogP) is 3.44. The highest BCUT2D eigenvalue weighted by molar-refractivity contribution is 7.89. The third kappa shape index (κ3) is 4.28. The molecule has 1 atom stereocenters. The van der Waals surface area contributed by atoms with Crippen molar-refractivity contribution in [1.29, 1.82) is 0 Å². The first-order chi connectivity index (χ1) is 13.3. The third-order valence-electron chi connectivity index (χ3n) is 4.17. The highest BCUT2D eigenvalue weighted by Gasteiger charge is 2.19. The second-order valence-electron chi connectivity index (χ2n) is 6.98. The quantitative estimate of drug-likeness (QED) is 0.640. The number of aryl methyl sites for hydroxylation is 1. The van der Waals surface area contributed by atoms with Crippen LogP contribution in [0.1, 0.15) is 24.2 Å². The number of ether oxygens (including phenoxy) is 1. The van der Waals surface area contributed by atoms with Gasteiger partial charge in [0.2, 0.25) is 5.88 Å². The van der Waals surface area contributed by atoms with Gasteiger partial charge >= 0.3 is 0 Å². The van der Waals surface area contributed by atoms with Gasteiger partial charge in [0.1, 0.15) is 12.1 Å². The molecule has 1 N–H and O–H groups in total. The molecule has 8 heteroatoms. The minimum Gasteiger partial charge on any atom is -0.593 e. The number of nitrogens with zero attached hydrogens (tertiary/aromatic N) is 2. The number of nitrogens with one attached hydrogen (secondary N) is 1. The maximum atomic E-state index is 14.6. The van der Waals surface area contributed by atoms with Crippen molar-refractivity contribution in [1.82, 2.24) is 14.3 Å². The lowest BCUT2D eigenvalue weighted by molar-refractivity contribution is 0.0977. The van der Waals surface area contributed by atoms with Crippen LogP contribution in [0.15, 0.2) is 36.7 Å². The molecule has 6 nitrogen and oxygen atoms in total. The first-order valence-corrected chi connectivity index (χ1v) is 10.3. The van der Waals surface area contributed by atoms with E-state index >= 15 is 0 Å². The molecule has 2 heterocycles. The maximum absolute atomic E-state index is 14.6. The van der Waals surface area contributed by atoms with Crippen molar-refractivity contribution in [3.8, 4) is 17.0 Å². The third-order valence-corrected chi connectivity index (χ3v) is 4.64. The summed E-state index contributed by atoms with van der Waals surface area (Å²) in [6.45, 7) is 4.70. The fourth-order valence-corrected chi connectivity index (χ4v) is 3.24. The Morgan fingerprint density at radius 2 is 2.14 bits per heavy atom. The average molecular weight is 403 g/mol. The molecule has 0 aliphatic carbocycles. The Hall–Kier alpha value is -2.58. The Labute approximate surface area is 166 Å². The van der Waals surface area contributed by atoms with Crippen molar-refractivity contribution < 1.29 is 18.5 Å². The van der Waals surface area contributed by atoms with Crippen molar-refractivity contribution in [2.45, 2.75) is 13.8 Å². The van der Waals surface area contributed by atoms with Crippen LogP contribution in [-0.4, -0.2) is 32.9 Å². The summed E-state index contributed by atoms with van der Waals surface area (Å²) in [5, 5.41) is 0.659. The number of hydrogen-bond donors (Lipinski definition) is 1. The SMILES string of the molecule is CC(C)COc1ccc(-c2cn(C)c3cc(C(=O)N[S+](C)[O-])c(F)cc23)cn1. The number of carbonyl (C=O) groups is 1. The molecule has 0 radical (unpaired) electrons. The van der Waals surface area contributed by atoms with Crippen molar-refractivity contribution in [2.24, 2.45) is 13.0 Å². The zero-order valence-electron chi connectivity index (χ0n) is 16.2. The zero-order chi connectivity index (χ0) is 20.4. The van der Waals surface area contributed by atoms with Crippen molar-refractivity contribution in [3.63, 3.8) is 0 Å². The minimum atomic E-state index is -1.57. The highest BCUT2D eigenvalue weighted by atomic mass is 32.2. The minimum absolute atomic E-state index is 0.147. The van der Waals surface area contributed by atoms with Gasteiger partial charge in [-0.2, -0.15) is 4.72 Å². The van der Waals surface area contributed by atoms with Gasteiger partial charge in [-0.25, -0.2) is 9.37 Å². The van der Waals surface area contributed by atoms with Crippen LogP contribution in [0.3, 0.4) is 0 Å². The van der Waals surface area contributed by atoms with Gasteiger partial charge in [-0.15, -0.1) is 0 Å². The van der Waals surface area contributed by atoms with Crippen LogP contribution in [0.4, 0.5) is 4.39 Å². The van der Waals surface area contributed by atoms with Gasteiger partial charge in [0, 0.05) is 47.5 Å². The molecule has 0 saturated heterocycles. The molecular formula is C20H22FN3O3S. The van der Waals surface area contributed by atoms with Crippen LogP contribution in [0.25, 0.3) is 22.0 Å². The van der Waals surface area contributed by atoms with Crippen LogP contribution in [0.5, 0.6) is 5.88 Å². The summed E-state index contributed by atoms with van der Waals surface area (Å²) in [4.78, 5) is 16.4. The number of rotatable bonds is 6. The summed E-state index contributed by atoms with van der Waals surface area (Å²) in [5.41, 5.74) is 2.15. The Morgan fingerprint density at radius 3 is 2.75 bits per heavy atom.